The summed E-state index contributed by atoms with van der Waals surface area (Å²) in [6.45, 7) is 1.88. The fraction of sp³-hybridized carbons (Fsp3) is 0.0833. The van der Waals surface area contributed by atoms with Crippen LogP contribution in [0.5, 0.6) is 0 Å². The topological polar surface area (TPSA) is 99.6 Å². The number of aromatic nitrogens is 9. The zero-order valence-electron chi connectivity index (χ0n) is 11.0. The summed E-state index contributed by atoms with van der Waals surface area (Å²) < 4.78 is 1.54. The summed E-state index contributed by atoms with van der Waals surface area (Å²) in [6, 6.07) is 11.4. The molecule has 0 fully saturated rings. The van der Waals surface area contributed by atoms with Gasteiger partial charge in [-0.25, -0.2) is 0 Å². The molecule has 0 aliphatic carbocycles. The molecule has 0 amide bonds. The molecule has 0 saturated carbocycles. The van der Waals surface area contributed by atoms with Crippen molar-refractivity contribution in [1.29, 1.82) is 0 Å². The van der Waals surface area contributed by atoms with Gasteiger partial charge in [-0.1, -0.05) is 35.4 Å². The lowest BCUT2D eigenvalue weighted by molar-refractivity contribution is 0.694. The number of aryl methyl sites for hydroxylation is 1. The summed E-state index contributed by atoms with van der Waals surface area (Å²) in [7, 11) is 0. The maximum Gasteiger partial charge on any atom is 0.275 e. The first-order valence-electron chi connectivity index (χ1n) is 6.23. The highest BCUT2D eigenvalue weighted by Gasteiger charge is 2.11. The van der Waals surface area contributed by atoms with Crippen LogP contribution in [0.4, 0.5) is 0 Å². The van der Waals surface area contributed by atoms with Gasteiger partial charge in [-0.15, -0.1) is 15.0 Å². The molecule has 9 nitrogen and oxygen atoms in total. The summed E-state index contributed by atoms with van der Waals surface area (Å²) >= 11 is 0. The lowest BCUT2D eigenvalue weighted by atomic mass is 10.2. The molecule has 0 aliphatic rings. The van der Waals surface area contributed by atoms with Crippen LogP contribution in [0.2, 0.25) is 0 Å². The Hall–Kier alpha value is -3.23. The molecule has 4 aromatic rings. The van der Waals surface area contributed by atoms with Gasteiger partial charge in [0.05, 0.1) is 0 Å². The molecule has 102 valence electrons. The lowest BCUT2D eigenvalue weighted by Crippen LogP contribution is -2.06. The largest absolute Gasteiger partial charge is 0.275 e. The Balaban J connectivity index is 1.81. The average molecular weight is 279 g/mol. The van der Waals surface area contributed by atoms with Crippen molar-refractivity contribution < 1.29 is 0 Å². The van der Waals surface area contributed by atoms with Gasteiger partial charge >= 0.3 is 0 Å². The molecule has 0 bridgehead atoms. The number of fused-ring (bicyclic) bond motifs is 1. The van der Waals surface area contributed by atoms with Crippen molar-refractivity contribution >= 4 is 5.78 Å². The Morgan fingerprint density at radius 2 is 1.86 bits per heavy atom. The van der Waals surface area contributed by atoms with Crippen LogP contribution >= 0.6 is 0 Å². The number of nitrogens with zero attached hydrogens (tertiary/aromatic N) is 9. The molecular weight excluding hydrogens is 270 g/mol. The molecule has 4 rings (SSSR count). The third kappa shape index (κ3) is 1.91. The number of benzene rings is 1. The quantitative estimate of drug-likeness (QED) is 0.525. The van der Waals surface area contributed by atoms with Crippen molar-refractivity contribution in [3.63, 3.8) is 0 Å². The normalized spacial score (nSPS) is 11.1. The first-order chi connectivity index (χ1) is 10.3. The van der Waals surface area contributed by atoms with E-state index in [1.165, 1.54) is 4.80 Å². The maximum atomic E-state index is 4.34. The van der Waals surface area contributed by atoms with E-state index in [0.29, 0.717) is 17.4 Å². The second kappa shape index (κ2) is 4.40. The molecular formula is C12H9N9. The van der Waals surface area contributed by atoms with Gasteiger partial charge in [0, 0.05) is 17.3 Å². The Labute approximate surface area is 118 Å². The van der Waals surface area contributed by atoms with E-state index in [-0.39, 0.29) is 0 Å². The molecule has 9 heteroatoms. The fourth-order valence-electron chi connectivity index (χ4n) is 1.98. The molecule has 21 heavy (non-hydrogen) atoms. The molecule has 3 heterocycles. The van der Waals surface area contributed by atoms with Gasteiger partial charge in [-0.05, 0) is 22.6 Å². The Morgan fingerprint density at radius 1 is 1.00 bits per heavy atom. The van der Waals surface area contributed by atoms with Gasteiger partial charge in [0.15, 0.2) is 5.82 Å². The molecule has 0 N–H and O–H groups in total. The summed E-state index contributed by atoms with van der Waals surface area (Å²) in [4.78, 5) is 5.66. The van der Waals surface area contributed by atoms with Crippen LogP contribution in [0.15, 0.2) is 36.4 Å². The van der Waals surface area contributed by atoms with Crippen LogP contribution in [0.3, 0.4) is 0 Å². The van der Waals surface area contributed by atoms with E-state index in [9.17, 15) is 0 Å². The highest BCUT2D eigenvalue weighted by atomic mass is 15.6. The van der Waals surface area contributed by atoms with Gasteiger partial charge in [-0.3, -0.25) is 0 Å². The highest BCUT2D eigenvalue weighted by molar-refractivity contribution is 5.53. The number of rotatable bonds is 2. The Morgan fingerprint density at radius 3 is 2.71 bits per heavy atom. The fourth-order valence-corrected chi connectivity index (χ4v) is 1.98. The van der Waals surface area contributed by atoms with E-state index in [2.05, 4.69) is 35.9 Å². The minimum absolute atomic E-state index is 0.392. The van der Waals surface area contributed by atoms with Gasteiger partial charge in [0.25, 0.3) is 5.78 Å². The third-order valence-corrected chi connectivity index (χ3v) is 2.99. The summed E-state index contributed by atoms with van der Waals surface area (Å²) in [5.41, 5.74) is 1.73. The minimum Gasteiger partial charge on any atom is -0.188 e. The third-order valence-electron chi connectivity index (χ3n) is 2.99. The van der Waals surface area contributed by atoms with Crippen LogP contribution < -0.4 is 0 Å². The number of hydrogen-bond donors (Lipinski definition) is 0. The number of hydrogen-bond acceptors (Lipinski definition) is 7. The monoisotopic (exact) mass is 279 g/mol. The SMILES string of the molecule is Cc1cc(-n2nnc(-c3ccccc3)n2)nc2nnnn12. The van der Waals surface area contributed by atoms with E-state index in [1.807, 2.05) is 37.3 Å². The van der Waals surface area contributed by atoms with Crippen LogP contribution in [0.1, 0.15) is 5.69 Å². The Kier molecular flexibility index (Phi) is 2.43. The van der Waals surface area contributed by atoms with E-state index in [1.54, 1.807) is 10.6 Å². The first kappa shape index (κ1) is 11.6. The first-order valence-corrected chi connectivity index (χ1v) is 6.23. The van der Waals surface area contributed by atoms with Crippen LogP contribution in [-0.2, 0) is 0 Å². The molecule has 0 radical (unpaired) electrons. The Bertz CT molecular complexity index is 909. The van der Waals surface area contributed by atoms with E-state index < -0.39 is 0 Å². The van der Waals surface area contributed by atoms with Crippen molar-refractivity contribution in [2.45, 2.75) is 6.92 Å². The smallest absolute Gasteiger partial charge is 0.188 e. The molecule has 0 spiro atoms. The predicted molar refractivity (Wildman–Crippen MR) is 71.5 cm³/mol. The predicted octanol–water partition coefficient (Wildman–Crippen LogP) is 0.470. The molecule has 1 aromatic carbocycles. The summed E-state index contributed by atoms with van der Waals surface area (Å²) in [5.74, 6) is 1.45. The zero-order valence-corrected chi connectivity index (χ0v) is 11.0. The maximum absolute atomic E-state index is 4.34. The van der Waals surface area contributed by atoms with Gasteiger partial charge < -0.3 is 0 Å². The van der Waals surface area contributed by atoms with Crippen molar-refractivity contribution in [1.82, 2.24) is 45.2 Å². The zero-order chi connectivity index (χ0) is 14.2. The molecule has 0 saturated heterocycles. The van der Waals surface area contributed by atoms with E-state index >= 15 is 0 Å². The van der Waals surface area contributed by atoms with Crippen molar-refractivity contribution in [2.75, 3.05) is 0 Å². The minimum atomic E-state index is 0.392. The van der Waals surface area contributed by atoms with Crippen LogP contribution in [0, 0.1) is 6.92 Å². The van der Waals surface area contributed by atoms with Crippen LogP contribution in [0.25, 0.3) is 23.0 Å². The lowest BCUT2D eigenvalue weighted by Gasteiger charge is -2.00. The van der Waals surface area contributed by atoms with Crippen LogP contribution in [-0.4, -0.2) is 45.2 Å². The summed E-state index contributed by atoms with van der Waals surface area (Å²) in [5, 5.41) is 23.7. The van der Waals surface area contributed by atoms with E-state index in [4.69, 9.17) is 0 Å². The molecule has 0 atom stereocenters. The van der Waals surface area contributed by atoms with E-state index in [0.717, 1.165) is 11.3 Å². The second-order valence-electron chi connectivity index (χ2n) is 4.41. The molecule has 0 aliphatic heterocycles. The van der Waals surface area contributed by atoms with Crippen molar-refractivity contribution in [3.05, 3.63) is 42.1 Å². The number of tetrazole rings is 2. The van der Waals surface area contributed by atoms with Gasteiger partial charge in [0.1, 0.15) is 0 Å². The molecule has 3 aromatic heterocycles. The highest BCUT2D eigenvalue weighted by Crippen LogP contribution is 2.13. The van der Waals surface area contributed by atoms with Gasteiger partial charge in [0.2, 0.25) is 5.82 Å². The van der Waals surface area contributed by atoms with Crippen molar-refractivity contribution in [3.8, 4) is 17.2 Å². The molecule has 0 unspecified atom stereocenters. The van der Waals surface area contributed by atoms with Gasteiger partial charge in [-0.2, -0.15) is 9.50 Å². The average Bonchev–Trinajstić information content (AvgIpc) is 3.17. The second-order valence-corrected chi connectivity index (χ2v) is 4.41. The standard InChI is InChI=1S/C12H9N9/c1-8-7-10(13-12-15-17-19-20(8)12)21-16-11(14-18-21)9-5-3-2-4-6-9/h2-7H,1H3. The van der Waals surface area contributed by atoms with Crippen molar-refractivity contribution in [2.24, 2.45) is 0 Å². The summed E-state index contributed by atoms with van der Waals surface area (Å²) in [6.07, 6.45) is 0.